The minimum atomic E-state index is -1.29. The zero-order valence-corrected chi connectivity index (χ0v) is 64.1. The number of carbonyl (C=O) groups is 5. The van der Waals surface area contributed by atoms with Crippen LogP contribution in [0.1, 0.15) is 140 Å². The van der Waals surface area contributed by atoms with E-state index in [0.717, 1.165) is 74.2 Å². The van der Waals surface area contributed by atoms with Gasteiger partial charge in [-0.25, -0.2) is 4.79 Å². The maximum atomic E-state index is 11.9. The van der Waals surface area contributed by atoms with Crippen LogP contribution in [0.3, 0.4) is 0 Å². The van der Waals surface area contributed by atoms with E-state index < -0.39 is 94.6 Å². The van der Waals surface area contributed by atoms with Gasteiger partial charge in [-0.15, -0.1) is 35.3 Å². The number of aliphatic hydroxyl groups excluding tert-OH is 4. The first-order chi connectivity index (χ1) is 49.5. The highest BCUT2D eigenvalue weighted by Gasteiger charge is 2.50. The second-order valence-electron chi connectivity index (χ2n) is 26.9. The number of carbonyl (C=O) groups excluding carboxylic acids is 5. The average Bonchev–Trinajstić information content (AvgIpc) is 0.786. The number of phenolic OH excluding ortho intramolecular Hbond substituents is 1. The first-order valence-electron chi connectivity index (χ1n) is 34.6. The van der Waals surface area contributed by atoms with Crippen molar-refractivity contribution in [3.63, 3.8) is 0 Å². The third kappa shape index (κ3) is 23.8. The molecule has 0 aromatic heterocycles. The van der Waals surface area contributed by atoms with Gasteiger partial charge in [-0.2, -0.15) is 0 Å². The number of aromatic hydroxyl groups is 1. The van der Waals surface area contributed by atoms with Gasteiger partial charge in [-0.05, 0) is 176 Å². The number of hydrogen-bond acceptors (Lipinski definition) is 23. The molecule has 0 radical (unpaired) electrons. The van der Waals surface area contributed by atoms with Gasteiger partial charge in [-0.3, -0.25) is 19.2 Å². The molecular formula is C79H103N3O19S3. The van der Waals surface area contributed by atoms with E-state index in [9.17, 15) is 49.5 Å². The lowest BCUT2D eigenvalue weighted by atomic mass is 9.85. The van der Waals surface area contributed by atoms with Crippen LogP contribution in [0.4, 0.5) is 4.79 Å². The Bertz CT molecular complexity index is 3770. The molecule has 3 heterocycles. The second-order valence-corrected chi connectivity index (χ2v) is 29.7. The molecule has 9 rings (SSSR count). The summed E-state index contributed by atoms with van der Waals surface area (Å²) in [5, 5.41) is 55.1. The van der Waals surface area contributed by atoms with Gasteiger partial charge in [0.25, 0.3) is 0 Å². The number of rotatable bonds is 25. The number of urea groups is 1. The molecule has 104 heavy (non-hydrogen) atoms. The van der Waals surface area contributed by atoms with E-state index in [1.165, 1.54) is 74.1 Å². The van der Waals surface area contributed by atoms with Crippen LogP contribution in [0.5, 0.6) is 17.2 Å². The van der Waals surface area contributed by atoms with Gasteiger partial charge in [0.2, 0.25) is 0 Å². The number of hydrogen-bond donors (Lipinski definition) is 8. The molecule has 6 aromatic rings. The van der Waals surface area contributed by atoms with Crippen molar-refractivity contribution >= 4 is 65.2 Å². The zero-order chi connectivity index (χ0) is 76.1. The summed E-state index contributed by atoms with van der Waals surface area (Å²) < 4.78 is 52.3. The Hall–Kier alpha value is -7.40. The molecule has 0 bridgehead atoms. The molecule has 3 fully saturated rings. The fourth-order valence-electron chi connectivity index (χ4n) is 12.5. The Balaban J connectivity index is 0.000000219. The van der Waals surface area contributed by atoms with E-state index in [0.29, 0.717) is 38.5 Å². The molecule has 566 valence electrons. The second kappa shape index (κ2) is 39.8. The van der Waals surface area contributed by atoms with E-state index in [1.54, 1.807) is 32.2 Å². The first kappa shape index (κ1) is 83.9. The predicted molar refractivity (Wildman–Crippen MR) is 403 cm³/mol. The molecule has 3 saturated heterocycles. The van der Waals surface area contributed by atoms with Crippen molar-refractivity contribution in [3.8, 4) is 17.2 Å². The number of amides is 2. The molecule has 9 N–H and O–H groups in total. The number of phenols is 1. The third-order valence-corrected chi connectivity index (χ3v) is 20.7. The van der Waals surface area contributed by atoms with Gasteiger partial charge in [0, 0.05) is 46.1 Å². The summed E-state index contributed by atoms with van der Waals surface area (Å²) >= 11 is 4.15. The average molecular weight is 1490 g/mol. The van der Waals surface area contributed by atoms with Crippen molar-refractivity contribution in [2.75, 3.05) is 51.7 Å². The highest BCUT2D eigenvalue weighted by molar-refractivity contribution is 7.99. The molecule has 3 aliphatic rings. The zero-order valence-electron chi connectivity index (χ0n) is 61.7. The van der Waals surface area contributed by atoms with Crippen molar-refractivity contribution in [2.24, 2.45) is 17.6 Å². The molecule has 22 nitrogen and oxygen atoms in total. The van der Waals surface area contributed by atoms with Crippen LogP contribution < -0.4 is 25.8 Å². The summed E-state index contributed by atoms with van der Waals surface area (Å²) in [6.07, 6.45) is 0.0352. The Morgan fingerprint density at radius 2 is 0.846 bits per heavy atom. The van der Waals surface area contributed by atoms with Gasteiger partial charge >= 0.3 is 29.9 Å². The lowest BCUT2D eigenvalue weighted by Crippen LogP contribution is -2.52. The van der Waals surface area contributed by atoms with Gasteiger partial charge in [0.05, 0.1) is 30.9 Å². The van der Waals surface area contributed by atoms with E-state index in [2.05, 4.69) is 66.9 Å². The van der Waals surface area contributed by atoms with Gasteiger partial charge in [0.1, 0.15) is 83.4 Å². The van der Waals surface area contributed by atoms with Crippen LogP contribution in [0.15, 0.2) is 127 Å². The number of aliphatic hydroxyl groups is 4. The molecule has 15 atom stereocenters. The lowest BCUT2D eigenvalue weighted by molar-refractivity contribution is -0.208. The Morgan fingerprint density at radius 3 is 1.21 bits per heavy atom. The monoisotopic (exact) mass is 1490 g/mol. The highest BCUT2D eigenvalue weighted by Crippen LogP contribution is 2.45. The number of thioether (sulfide) groups is 3. The molecule has 0 spiro atoms. The minimum Gasteiger partial charge on any atom is -0.508 e. The predicted octanol–water partition coefficient (Wildman–Crippen LogP) is 10.6. The van der Waals surface area contributed by atoms with Crippen molar-refractivity contribution in [3.05, 3.63) is 194 Å². The SMILES string of the molecule is CS[C@H]1O[C@@H](c2ccc(C)c(Cc3ccc(O)cc3)c2)[C@H](C)[C@@H](OC(C)=O)[C@@H]1OC(C)=O.CS[C@H]1O[C@@H](c2ccc(C)c(Cc3ccc(OCCN)cc3)c2)[C@H](C)[C@@H](OC(C)=O)[C@@H]1OC(C)=O.CS[C@H]1O[C@@H](c2ccc(C)c(Cc3ccc(OCCNC(=O)NC(C)(C)CO)cc3)c2)[C@H](O)[C@@H](O)[C@@H]1O. The summed E-state index contributed by atoms with van der Waals surface area (Å²) in [4.78, 5) is 59.0. The molecule has 0 aliphatic carbocycles. The van der Waals surface area contributed by atoms with Crippen LogP contribution in [0, 0.1) is 32.6 Å². The largest absolute Gasteiger partial charge is 0.508 e. The van der Waals surface area contributed by atoms with Crippen LogP contribution >= 0.6 is 35.3 Å². The Kier molecular flexibility index (Phi) is 32.1. The summed E-state index contributed by atoms with van der Waals surface area (Å²) in [5.41, 5.74) is 16.1. The molecule has 25 heteroatoms. The maximum absolute atomic E-state index is 11.9. The molecule has 6 aromatic carbocycles. The van der Waals surface area contributed by atoms with E-state index in [-0.39, 0.29) is 42.4 Å². The van der Waals surface area contributed by atoms with E-state index in [1.807, 2.05) is 106 Å². The van der Waals surface area contributed by atoms with Crippen LogP contribution in [0.25, 0.3) is 0 Å². The van der Waals surface area contributed by atoms with E-state index >= 15 is 0 Å². The van der Waals surface area contributed by atoms with Crippen molar-refractivity contribution in [2.45, 2.75) is 178 Å². The van der Waals surface area contributed by atoms with Crippen molar-refractivity contribution in [1.82, 2.24) is 10.6 Å². The molecule has 3 aliphatic heterocycles. The highest BCUT2D eigenvalue weighted by atomic mass is 32.2. The summed E-state index contributed by atoms with van der Waals surface area (Å²) in [6, 6.07) is 40.9. The number of esters is 4. The number of nitrogens with one attached hydrogen (secondary N) is 2. The Labute approximate surface area is 623 Å². The van der Waals surface area contributed by atoms with E-state index in [4.69, 9.17) is 48.4 Å². The third-order valence-electron chi connectivity index (χ3n) is 18.2. The number of aryl methyl sites for hydroxylation is 3. The minimum absolute atomic E-state index is 0.158. The van der Waals surface area contributed by atoms with Crippen molar-refractivity contribution < 1.29 is 92.1 Å². The molecular weight excluding hydrogens is 1390 g/mol. The molecule has 0 unspecified atom stereocenters. The lowest BCUT2D eigenvalue weighted by Gasteiger charge is -2.44. The maximum Gasteiger partial charge on any atom is 0.315 e. The van der Waals surface area contributed by atoms with Gasteiger partial charge in [-0.1, -0.05) is 105 Å². The topological polar surface area (TPSA) is 320 Å². The molecule has 0 saturated carbocycles. The normalized spacial score (nSPS) is 24.4. The van der Waals surface area contributed by atoms with Crippen molar-refractivity contribution in [1.29, 1.82) is 0 Å². The van der Waals surface area contributed by atoms with Crippen LogP contribution in [-0.2, 0) is 71.6 Å². The van der Waals surface area contributed by atoms with Gasteiger partial charge < -0.3 is 84.5 Å². The fourth-order valence-corrected chi connectivity index (χ4v) is 14.6. The number of benzene rings is 6. The summed E-state index contributed by atoms with van der Waals surface area (Å²) in [7, 11) is 0. The van der Waals surface area contributed by atoms with Crippen LogP contribution in [0.2, 0.25) is 0 Å². The Morgan fingerprint density at radius 1 is 0.490 bits per heavy atom. The van der Waals surface area contributed by atoms with Crippen LogP contribution in [-0.4, -0.2) is 172 Å². The summed E-state index contributed by atoms with van der Waals surface area (Å²) in [5.74, 6) is -0.427. The standard InChI is InChI=1S/C27H38N2O7S.C27H35NO6S.C25H30O6S/c1-16-5-8-18(24-22(32)21(31)23(33)25(36-24)37-4)14-19(16)13-17-6-9-20(10-7-17)35-12-11-28-26(34)29-27(2,3)15-30;1-16-6-9-21(15-22(16)14-20-7-10-23(11-8-20)31-13-12-28)24-17(2)25(32-18(3)29)26(33-19(4)30)27(34-24)35-5;1-14-6-9-19(13-20(14)12-18-7-10-21(28)11-8-18)22-15(2)23(29-16(3)26)24(30-17(4)27)25(31-22)32-5/h5-10,14,21-25,30-33H,11-13,15H2,1-4H3,(H2,28,29,34);6-11,15,17,24-27H,12-14,28H2,1-5H3;6-11,13,15,22-25,28H,12H2,1-5H3/t21-,22-,23+,24+,25-;17-,24+,25+,26-,27+;15-,22+,23+,24-,25+/m100/s1. The quantitative estimate of drug-likeness (QED) is 0.0150. The summed E-state index contributed by atoms with van der Waals surface area (Å²) in [6.45, 7) is 20.4. The van der Waals surface area contributed by atoms with Gasteiger partial charge in [0.15, 0.2) is 12.2 Å². The molecule has 2 amide bonds. The fraction of sp³-hybridized carbons (Fsp3) is 0.481. The number of ether oxygens (including phenoxy) is 9. The smallest absolute Gasteiger partial charge is 0.315 e. The first-order valence-corrected chi connectivity index (χ1v) is 38.5. The number of nitrogens with two attached hydrogens (primary N) is 1.